The summed E-state index contributed by atoms with van der Waals surface area (Å²) in [6.45, 7) is 5.05. The second kappa shape index (κ2) is 8.80. The molecule has 8 atom stereocenters. The Bertz CT molecular complexity index is 1210. The highest BCUT2D eigenvalue weighted by atomic mass is 19.1. The predicted octanol–water partition coefficient (Wildman–Crippen LogP) is 5.32. The van der Waals surface area contributed by atoms with Gasteiger partial charge in [0.25, 0.3) is 0 Å². The predicted molar refractivity (Wildman–Crippen MR) is 134 cm³/mol. The summed E-state index contributed by atoms with van der Waals surface area (Å²) in [6.07, 6.45) is 8.96. The molecule has 1 aromatic heterocycles. The number of ketones is 1. The summed E-state index contributed by atoms with van der Waals surface area (Å²) in [5.74, 6) is 0.664. The summed E-state index contributed by atoms with van der Waals surface area (Å²) >= 11 is 0. The van der Waals surface area contributed by atoms with E-state index in [4.69, 9.17) is 4.74 Å². The van der Waals surface area contributed by atoms with Gasteiger partial charge in [-0.05, 0) is 99.2 Å². The van der Waals surface area contributed by atoms with Crippen LogP contribution in [0.3, 0.4) is 0 Å². The van der Waals surface area contributed by atoms with Gasteiger partial charge < -0.3 is 9.84 Å². The molecule has 1 heterocycles. The number of aliphatic hydroxyl groups is 1. The number of hydrogen-bond donors (Lipinski definition) is 1. The lowest BCUT2D eigenvalue weighted by Gasteiger charge is -2.62. The molecule has 8 heteroatoms. The second-order valence-electron chi connectivity index (χ2n) is 13.2. The van der Waals surface area contributed by atoms with Gasteiger partial charge in [-0.3, -0.25) is 4.79 Å². The minimum absolute atomic E-state index is 0.00289. The van der Waals surface area contributed by atoms with E-state index in [9.17, 15) is 18.7 Å². The van der Waals surface area contributed by atoms with Crippen LogP contribution in [-0.2, 0) is 16.1 Å². The maximum Gasteiger partial charge on any atom is 0.157 e. The normalized spacial score (nSPS) is 41.3. The molecule has 0 radical (unpaired) electrons. The number of methoxy groups -OCH3 is 1. The van der Waals surface area contributed by atoms with Crippen molar-refractivity contribution in [2.75, 3.05) is 13.7 Å². The Labute approximate surface area is 217 Å². The zero-order valence-corrected chi connectivity index (χ0v) is 22.2. The number of carbonyl (C=O) groups excluding carboxylic acids is 1. The number of benzene rings is 1. The van der Waals surface area contributed by atoms with Gasteiger partial charge in [0.05, 0.1) is 17.7 Å². The van der Waals surface area contributed by atoms with E-state index in [1.807, 2.05) is 14.0 Å². The summed E-state index contributed by atoms with van der Waals surface area (Å²) in [6, 6.07) is 1.99. The summed E-state index contributed by atoms with van der Waals surface area (Å²) in [5.41, 5.74) is -0.317. The molecule has 37 heavy (non-hydrogen) atoms. The van der Waals surface area contributed by atoms with Crippen molar-refractivity contribution in [2.45, 2.75) is 83.8 Å². The van der Waals surface area contributed by atoms with Crippen molar-refractivity contribution in [3.8, 4) is 0 Å². The highest BCUT2D eigenvalue weighted by Gasteiger charge is 2.63. The van der Waals surface area contributed by atoms with E-state index < -0.39 is 17.2 Å². The second-order valence-corrected chi connectivity index (χ2v) is 13.2. The molecule has 6 nitrogen and oxygen atoms in total. The van der Waals surface area contributed by atoms with Crippen molar-refractivity contribution in [1.82, 2.24) is 15.0 Å². The molecule has 4 saturated carbocycles. The highest BCUT2D eigenvalue weighted by Crippen LogP contribution is 2.68. The Kier molecular flexibility index (Phi) is 6.03. The molecule has 0 saturated heterocycles. The zero-order chi connectivity index (χ0) is 26.2. The van der Waals surface area contributed by atoms with Crippen LogP contribution >= 0.6 is 0 Å². The number of carbonyl (C=O) groups is 1. The molecular formula is C29H39F2N3O3. The summed E-state index contributed by atoms with van der Waals surface area (Å²) in [4.78, 5) is 13.7. The minimum atomic E-state index is -0.760. The van der Waals surface area contributed by atoms with Crippen molar-refractivity contribution < 1.29 is 23.4 Å². The van der Waals surface area contributed by atoms with Crippen molar-refractivity contribution in [3.63, 3.8) is 0 Å². The van der Waals surface area contributed by atoms with Gasteiger partial charge in [-0.1, -0.05) is 12.1 Å². The first-order valence-electron chi connectivity index (χ1n) is 14.0. The smallest absolute Gasteiger partial charge is 0.157 e. The van der Waals surface area contributed by atoms with Gasteiger partial charge in [0.1, 0.15) is 17.9 Å². The maximum atomic E-state index is 14.1. The molecule has 0 aliphatic heterocycles. The lowest BCUT2D eigenvalue weighted by atomic mass is 9.43. The first kappa shape index (κ1) is 25.4. The Hall–Kier alpha value is -1.93. The monoisotopic (exact) mass is 515 g/mol. The largest absolute Gasteiger partial charge is 0.390 e. The molecule has 0 bridgehead atoms. The molecule has 1 N–H and O–H groups in total. The van der Waals surface area contributed by atoms with Crippen molar-refractivity contribution in [1.29, 1.82) is 0 Å². The Balaban J connectivity index is 1.24. The van der Waals surface area contributed by atoms with E-state index in [0.717, 1.165) is 70.5 Å². The third-order valence-electron chi connectivity index (χ3n) is 11.3. The number of hydrogen-bond acceptors (Lipinski definition) is 5. The van der Waals surface area contributed by atoms with E-state index in [1.54, 1.807) is 0 Å². The van der Waals surface area contributed by atoms with Crippen molar-refractivity contribution >= 4 is 16.8 Å². The number of ether oxygens (including phenoxy) is 1. The summed E-state index contributed by atoms with van der Waals surface area (Å²) < 4.78 is 35.2. The first-order chi connectivity index (χ1) is 17.6. The highest BCUT2D eigenvalue weighted by molar-refractivity contribution is 5.84. The van der Waals surface area contributed by atoms with Crippen molar-refractivity contribution in [3.05, 3.63) is 23.8 Å². The number of Topliss-reactive ketones (excluding diaryl/α,β-unsaturated/α-hetero) is 1. The summed E-state index contributed by atoms with van der Waals surface area (Å²) in [7, 11) is 1.81. The van der Waals surface area contributed by atoms with Crippen LogP contribution in [0.2, 0.25) is 0 Å². The van der Waals surface area contributed by atoms with Crippen LogP contribution in [0.5, 0.6) is 0 Å². The molecule has 1 unspecified atom stereocenters. The number of halogens is 2. The van der Waals surface area contributed by atoms with Gasteiger partial charge in [0, 0.05) is 25.2 Å². The fourth-order valence-electron chi connectivity index (χ4n) is 9.68. The van der Waals surface area contributed by atoms with Gasteiger partial charge in [0.15, 0.2) is 11.6 Å². The van der Waals surface area contributed by atoms with Crippen LogP contribution < -0.4 is 0 Å². The average Bonchev–Trinajstić information content (AvgIpc) is 3.40. The third kappa shape index (κ3) is 3.88. The molecule has 0 spiro atoms. The van der Waals surface area contributed by atoms with E-state index in [0.29, 0.717) is 23.7 Å². The van der Waals surface area contributed by atoms with E-state index >= 15 is 0 Å². The van der Waals surface area contributed by atoms with Crippen LogP contribution in [0.25, 0.3) is 11.0 Å². The van der Waals surface area contributed by atoms with E-state index in [-0.39, 0.29) is 40.1 Å². The topological polar surface area (TPSA) is 77.2 Å². The Morgan fingerprint density at radius 2 is 1.92 bits per heavy atom. The first-order valence-corrected chi connectivity index (χ1v) is 14.0. The third-order valence-corrected chi connectivity index (χ3v) is 11.3. The van der Waals surface area contributed by atoms with Gasteiger partial charge >= 0.3 is 0 Å². The van der Waals surface area contributed by atoms with Gasteiger partial charge in [0.2, 0.25) is 0 Å². The summed E-state index contributed by atoms with van der Waals surface area (Å²) in [5, 5.41) is 18.7. The number of nitrogens with zero attached hydrogens (tertiary/aromatic N) is 3. The quantitative estimate of drug-likeness (QED) is 0.584. The van der Waals surface area contributed by atoms with Crippen LogP contribution in [0, 0.1) is 52.1 Å². The van der Waals surface area contributed by atoms with Crippen LogP contribution in [0.15, 0.2) is 12.1 Å². The van der Waals surface area contributed by atoms with Gasteiger partial charge in [-0.25, -0.2) is 13.5 Å². The average molecular weight is 516 g/mol. The van der Waals surface area contributed by atoms with Crippen LogP contribution in [0.1, 0.15) is 71.6 Å². The Morgan fingerprint density at radius 3 is 2.70 bits per heavy atom. The fraction of sp³-hybridized carbons (Fsp3) is 0.759. The lowest BCUT2D eigenvalue weighted by Crippen LogP contribution is -2.58. The molecule has 4 fully saturated rings. The van der Waals surface area contributed by atoms with E-state index in [2.05, 4.69) is 17.2 Å². The van der Waals surface area contributed by atoms with Crippen molar-refractivity contribution in [2.24, 2.45) is 40.4 Å². The minimum Gasteiger partial charge on any atom is -0.390 e. The maximum absolute atomic E-state index is 14.1. The number of fused-ring (bicyclic) bond motifs is 6. The molecule has 202 valence electrons. The molecular weight excluding hydrogens is 476 g/mol. The molecule has 6 rings (SSSR count). The van der Waals surface area contributed by atoms with Gasteiger partial charge in [-0.2, -0.15) is 0 Å². The van der Waals surface area contributed by atoms with Crippen LogP contribution in [0.4, 0.5) is 8.78 Å². The molecule has 2 aromatic rings. The van der Waals surface area contributed by atoms with E-state index in [1.165, 1.54) is 10.7 Å². The number of rotatable bonds is 5. The SMILES string of the molecule is COC[C@]12CC[C@@](C)(O)C[C@@H]1CC[C@H]1[C@@H]3CC[C@H](C(=O)Cn4nnc5c(F)cc(F)cc54)C3(C)CC[C@@H]12. The number of aromatic nitrogens is 3. The molecule has 4 aliphatic rings. The molecule has 1 aromatic carbocycles. The fourth-order valence-corrected chi connectivity index (χ4v) is 9.68. The Morgan fingerprint density at radius 1 is 1.11 bits per heavy atom. The van der Waals surface area contributed by atoms with Crippen LogP contribution in [-0.4, -0.2) is 45.2 Å². The lowest BCUT2D eigenvalue weighted by molar-refractivity contribution is -0.175. The molecule has 0 amide bonds. The zero-order valence-electron chi connectivity index (χ0n) is 22.2. The molecule has 4 aliphatic carbocycles. The van der Waals surface area contributed by atoms with Gasteiger partial charge in [-0.15, -0.1) is 5.10 Å². The standard InChI is InChI=1S/C29H39F2N3O3/c1-27(36)10-11-29(16-37-3)17(14-27)4-5-19-20-6-7-22(28(20,2)9-8-21(19)29)25(35)15-34-24-13-18(30)12-23(31)26(24)32-33-34/h12-13,17,19-22,36H,4-11,14-16H2,1-3H3/t17-,19-,20-,21-,22+,27+,28?,29+/m0/s1.